The molecule has 1 aliphatic rings. The molecule has 1 N–H and O–H groups in total. The molecule has 0 heterocycles. The normalized spacial score (nSPS) is 16.0. The van der Waals surface area contributed by atoms with Crippen LogP contribution in [0.4, 0.5) is 0 Å². The zero-order valence-electron chi connectivity index (χ0n) is 17.1. The molecule has 6 heteroatoms. The molecule has 0 aromatic heterocycles. The number of rotatable bonds is 7. The van der Waals surface area contributed by atoms with Crippen LogP contribution < -0.4 is 10.1 Å². The lowest BCUT2D eigenvalue weighted by atomic mass is 9.83. The zero-order chi connectivity index (χ0) is 21.4. The Labute approximate surface area is 176 Å². The maximum atomic E-state index is 12.5. The van der Waals surface area contributed by atoms with Gasteiger partial charge in [0.1, 0.15) is 17.9 Å². The van der Waals surface area contributed by atoms with Crippen molar-refractivity contribution in [1.82, 2.24) is 5.32 Å². The molecule has 3 rings (SSSR count). The number of hydrogen-bond donors (Lipinski definition) is 1. The van der Waals surface area contributed by atoms with Crippen molar-refractivity contribution in [2.45, 2.75) is 57.3 Å². The second-order valence-electron chi connectivity index (χ2n) is 7.59. The minimum atomic E-state index is -0.987. The molecule has 1 fully saturated rings. The van der Waals surface area contributed by atoms with Gasteiger partial charge in [0.05, 0.1) is 11.6 Å². The summed E-state index contributed by atoms with van der Waals surface area (Å²) in [6, 6.07) is 18.6. The van der Waals surface area contributed by atoms with Crippen LogP contribution in [0.5, 0.6) is 5.75 Å². The Balaban J connectivity index is 1.52. The summed E-state index contributed by atoms with van der Waals surface area (Å²) in [6.07, 6.45) is 3.13. The fourth-order valence-corrected chi connectivity index (χ4v) is 3.47. The van der Waals surface area contributed by atoms with Gasteiger partial charge in [0.2, 0.25) is 0 Å². The molecule has 0 aliphatic heterocycles. The molecule has 1 amide bonds. The van der Waals surface area contributed by atoms with Crippen LogP contribution in [0, 0.1) is 11.3 Å². The number of carbonyl (C=O) groups excluding carboxylic acids is 2. The summed E-state index contributed by atoms with van der Waals surface area (Å²) in [6.45, 7) is 1.95. The molecule has 0 unspecified atom stereocenters. The predicted molar refractivity (Wildman–Crippen MR) is 112 cm³/mol. The Morgan fingerprint density at radius 1 is 1.07 bits per heavy atom. The molecule has 30 heavy (non-hydrogen) atoms. The van der Waals surface area contributed by atoms with Crippen molar-refractivity contribution in [3.05, 3.63) is 65.7 Å². The maximum Gasteiger partial charge on any atom is 0.338 e. The van der Waals surface area contributed by atoms with E-state index >= 15 is 0 Å². The second kappa shape index (κ2) is 9.93. The van der Waals surface area contributed by atoms with E-state index in [1.165, 1.54) is 6.92 Å². The van der Waals surface area contributed by atoms with Crippen LogP contribution in [-0.4, -0.2) is 23.5 Å². The number of carbonyl (C=O) groups is 2. The van der Waals surface area contributed by atoms with Crippen molar-refractivity contribution < 1.29 is 19.1 Å². The third kappa shape index (κ3) is 5.60. The van der Waals surface area contributed by atoms with Crippen molar-refractivity contribution in [3.63, 3.8) is 0 Å². The highest BCUT2D eigenvalue weighted by molar-refractivity contribution is 5.92. The number of nitrogens with one attached hydrogen (secondary N) is 1. The van der Waals surface area contributed by atoms with Crippen molar-refractivity contribution in [2.75, 3.05) is 0 Å². The first-order valence-corrected chi connectivity index (χ1v) is 10.2. The van der Waals surface area contributed by atoms with Gasteiger partial charge in [0.15, 0.2) is 6.10 Å². The topological polar surface area (TPSA) is 88.4 Å². The predicted octanol–water partition coefficient (Wildman–Crippen LogP) is 4.15. The fourth-order valence-electron chi connectivity index (χ4n) is 3.47. The van der Waals surface area contributed by atoms with Gasteiger partial charge in [-0.1, -0.05) is 49.6 Å². The third-order valence-electron chi connectivity index (χ3n) is 5.27. The molecule has 1 atom stereocenters. The first-order valence-electron chi connectivity index (χ1n) is 10.2. The number of benzene rings is 2. The van der Waals surface area contributed by atoms with E-state index in [1.807, 2.05) is 30.3 Å². The number of amides is 1. The lowest BCUT2D eigenvalue weighted by Crippen LogP contribution is -2.52. The van der Waals surface area contributed by atoms with E-state index < -0.39 is 23.5 Å². The first kappa shape index (κ1) is 21.4. The number of nitriles is 1. The summed E-state index contributed by atoms with van der Waals surface area (Å²) in [7, 11) is 0. The van der Waals surface area contributed by atoms with Crippen molar-refractivity contribution in [1.29, 1.82) is 5.26 Å². The molecule has 6 nitrogen and oxygen atoms in total. The molecule has 156 valence electrons. The molecule has 0 spiro atoms. The van der Waals surface area contributed by atoms with Crippen LogP contribution in [-0.2, 0) is 16.1 Å². The van der Waals surface area contributed by atoms with Crippen molar-refractivity contribution in [3.8, 4) is 11.8 Å². The molecule has 0 bridgehead atoms. The van der Waals surface area contributed by atoms with E-state index in [4.69, 9.17) is 9.47 Å². The summed E-state index contributed by atoms with van der Waals surface area (Å²) in [5.74, 6) is -0.411. The minimum Gasteiger partial charge on any atom is -0.489 e. The van der Waals surface area contributed by atoms with Crippen molar-refractivity contribution in [2.24, 2.45) is 0 Å². The Hall–Kier alpha value is -3.33. The van der Waals surface area contributed by atoms with Gasteiger partial charge in [-0.3, -0.25) is 4.79 Å². The fraction of sp³-hybridized carbons (Fsp3) is 0.375. The molecule has 0 radical (unpaired) electrons. The van der Waals surface area contributed by atoms with Crippen LogP contribution in [0.3, 0.4) is 0 Å². The van der Waals surface area contributed by atoms with Gasteiger partial charge < -0.3 is 14.8 Å². The Bertz CT molecular complexity index is 897. The van der Waals surface area contributed by atoms with E-state index in [1.54, 1.807) is 24.3 Å². The van der Waals surface area contributed by atoms with Gasteiger partial charge in [-0.2, -0.15) is 5.26 Å². The highest BCUT2D eigenvalue weighted by Gasteiger charge is 2.35. The molecule has 2 aromatic carbocycles. The number of ether oxygens (including phenoxy) is 2. The van der Waals surface area contributed by atoms with Gasteiger partial charge in [0.25, 0.3) is 5.91 Å². The highest BCUT2D eigenvalue weighted by Crippen LogP contribution is 2.27. The quantitative estimate of drug-likeness (QED) is 0.698. The Morgan fingerprint density at radius 3 is 2.37 bits per heavy atom. The van der Waals surface area contributed by atoms with Crippen LogP contribution in [0.25, 0.3) is 0 Å². The molecular formula is C24H26N2O4. The lowest BCUT2D eigenvalue weighted by molar-refractivity contribution is -0.130. The summed E-state index contributed by atoms with van der Waals surface area (Å²) in [4.78, 5) is 24.8. The van der Waals surface area contributed by atoms with Gasteiger partial charge >= 0.3 is 5.97 Å². The van der Waals surface area contributed by atoms with Crippen LogP contribution >= 0.6 is 0 Å². The molecule has 0 saturated heterocycles. The number of hydrogen-bond acceptors (Lipinski definition) is 5. The second-order valence-corrected chi connectivity index (χ2v) is 7.59. The van der Waals surface area contributed by atoms with E-state index in [2.05, 4.69) is 11.4 Å². The first-order chi connectivity index (χ1) is 14.5. The largest absolute Gasteiger partial charge is 0.489 e. The van der Waals surface area contributed by atoms with Crippen LogP contribution in [0.15, 0.2) is 54.6 Å². The van der Waals surface area contributed by atoms with Gasteiger partial charge in [-0.25, -0.2) is 4.79 Å². The molecular weight excluding hydrogens is 380 g/mol. The Kier molecular flexibility index (Phi) is 7.08. The summed E-state index contributed by atoms with van der Waals surface area (Å²) >= 11 is 0. The smallest absolute Gasteiger partial charge is 0.338 e. The zero-order valence-corrected chi connectivity index (χ0v) is 17.1. The van der Waals surface area contributed by atoms with Crippen LogP contribution in [0.2, 0.25) is 0 Å². The van der Waals surface area contributed by atoms with Gasteiger partial charge in [0, 0.05) is 0 Å². The van der Waals surface area contributed by atoms with E-state index in [0.29, 0.717) is 30.8 Å². The van der Waals surface area contributed by atoms with E-state index in [9.17, 15) is 14.9 Å². The monoisotopic (exact) mass is 406 g/mol. The number of nitrogens with zero attached hydrogens (tertiary/aromatic N) is 1. The summed E-state index contributed by atoms with van der Waals surface area (Å²) in [5, 5.41) is 12.3. The third-order valence-corrected chi connectivity index (χ3v) is 5.27. The van der Waals surface area contributed by atoms with E-state index in [-0.39, 0.29) is 0 Å². The Morgan fingerprint density at radius 2 is 1.73 bits per heavy atom. The minimum absolute atomic E-state index is 0.328. The highest BCUT2D eigenvalue weighted by atomic mass is 16.5. The van der Waals surface area contributed by atoms with E-state index in [0.717, 1.165) is 24.8 Å². The average Bonchev–Trinajstić information content (AvgIpc) is 2.79. The molecule has 2 aromatic rings. The SMILES string of the molecule is C[C@H](OC(=O)c1ccc(OCc2ccccc2)cc1)C(=O)NC1(C#N)CCCCC1. The maximum absolute atomic E-state index is 12.5. The molecule has 1 saturated carbocycles. The standard InChI is InChI=1S/C24H26N2O4/c1-18(22(27)26-24(17-25)14-6-3-7-15-24)30-23(28)20-10-12-21(13-11-20)29-16-19-8-4-2-5-9-19/h2,4-5,8-13,18H,3,6-7,14-16H2,1H3,(H,26,27)/t18-/m0/s1. The van der Waals surface area contributed by atoms with Crippen LogP contribution in [0.1, 0.15) is 54.9 Å². The van der Waals surface area contributed by atoms with Gasteiger partial charge in [-0.15, -0.1) is 0 Å². The number of esters is 1. The summed E-state index contributed by atoms with van der Waals surface area (Å²) < 4.78 is 11.0. The lowest BCUT2D eigenvalue weighted by Gasteiger charge is -2.32. The van der Waals surface area contributed by atoms with Crippen molar-refractivity contribution >= 4 is 11.9 Å². The van der Waals surface area contributed by atoms with Gasteiger partial charge in [-0.05, 0) is 49.6 Å². The summed E-state index contributed by atoms with van der Waals surface area (Å²) in [5.41, 5.74) is 0.525. The average molecular weight is 406 g/mol. The molecule has 1 aliphatic carbocycles.